The SMILES string of the molecule is N#CC[C@@H](COc1c(Cl)c(Br)cc2nc[nH]c(=O)c12)NC(=O)O. The first-order chi connectivity index (χ1) is 10.9. The number of aromatic nitrogens is 2. The van der Waals surface area contributed by atoms with E-state index >= 15 is 0 Å². The van der Waals surface area contributed by atoms with E-state index in [1.807, 2.05) is 6.07 Å². The van der Waals surface area contributed by atoms with Gasteiger partial charge in [0.15, 0.2) is 5.75 Å². The zero-order valence-corrected chi connectivity index (χ0v) is 13.8. The van der Waals surface area contributed by atoms with Gasteiger partial charge in [0.2, 0.25) is 0 Å². The lowest BCUT2D eigenvalue weighted by molar-refractivity contribution is 0.181. The number of rotatable bonds is 5. The molecule has 10 heteroatoms. The Bertz CT molecular complexity index is 848. The van der Waals surface area contributed by atoms with Gasteiger partial charge in [-0.2, -0.15) is 5.26 Å². The zero-order chi connectivity index (χ0) is 17.0. The van der Waals surface area contributed by atoms with Crippen molar-refractivity contribution in [2.45, 2.75) is 12.5 Å². The molecule has 2 aromatic rings. The van der Waals surface area contributed by atoms with Crippen LogP contribution in [0.3, 0.4) is 0 Å². The molecule has 0 saturated carbocycles. The van der Waals surface area contributed by atoms with E-state index in [-0.39, 0.29) is 29.2 Å². The molecule has 23 heavy (non-hydrogen) atoms. The minimum Gasteiger partial charge on any atom is -0.489 e. The topological polar surface area (TPSA) is 128 Å². The van der Waals surface area contributed by atoms with Crippen LogP contribution in [0, 0.1) is 11.3 Å². The molecular formula is C13H10BrClN4O4. The molecule has 1 atom stereocenters. The van der Waals surface area contributed by atoms with Crippen LogP contribution >= 0.6 is 27.5 Å². The number of H-pyrrole nitrogens is 1. The van der Waals surface area contributed by atoms with Crippen LogP contribution in [0.15, 0.2) is 21.7 Å². The third kappa shape index (κ3) is 3.91. The average molecular weight is 402 g/mol. The number of fused-ring (bicyclic) bond motifs is 1. The number of hydrogen-bond donors (Lipinski definition) is 3. The van der Waals surface area contributed by atoms with E-state index in [0.717, 1.165) is 0 Å². The fourth-order valence-electron chi connectivity index (χ4n) is 1.90. The molecule has 0 spiro atoms. The molecule has 0 saturated heterocycles. The molecule has 0 aliphatic rings. The highest BCUT2D eigenvalue weighted by Gasteiger charge is 2.18. The van der Waals surface area contributed by atoms with Gasteiger partial charge in [0, 0.05) is 4.47 Å². The maximum atomic E-state index is 12.0. The van der Waals surface area contributed by atoms with E-state index in [1.165, 1.54) is 6.33 Å². The van der Waals surface area contributed by atoms with Crippen LogP contribution in [-0.2, 0) is 0 Å². The fourth-order valence-corrected chi connectivity index (χ4v) is 2.50. The number of aromatic amines is 1. The third-order valence-corrected chi connectivity index (χ3v) is 4.11. The third-order valence-electron chi connectivity index (χ3n) is 2.88. The predicted octanol–water partition coefficient (Wildman–Crippen LogP) is 2.27. The number of ether oxygens (including phenoxy) is 1. The Morgan fingerprint density at radius 1 is 1.65 bits per heavy atom. The number of nitriles is 1. The molecule has 1 aromatic carbocycles. The summed E-state index contributed by atoms with van der Waals surface area (Å²) in [6.07, 6.45) is -0.123. The Morgan fingerprint density at radius 3 is 3.04 bits per heavy atom. The second-order valence-corrected chi connectivity index (χ2v) is 5.68. The van der Waals surface area contributed by atoms with Gasteiger partial charge in [-0.25, -0.2) is 9.78 Å². The Balaban J connectivity index is 2.39. The van der Waals surface area contributed by atoms with E-state index in [1.54, 1.807) is 6.07 Å². The molecule has 0 unspecified atom stereocenters. The summed E-state index contributed by atoms with van der Waals surface area (Å²) in [7, 11) is 0. The van der Waals surface area contributed by atoms with Gasteiger partial charge in [-0.3, -0.25) is 4.79 Å². The number of carbonyl (C=O) groups is 1. The molecule has 8 nitrogen and oxygen atoms in total. The van der Waals surface area contributed by atoms with Gasteiger partial charge in [-0.1, -0.05) is 11.6 Å². The van der Waals surface area contributed by atoms with Crippen LogP contribution in [0.4, 0.5) is 4.79 Å². The first kappa shape index (κ1) is 17.1. The largest absolute Gasteiger partial charge is 0.489 e. The molecular weight excluding hydrogens is 392 g/mol. The summed E-state index contributed by atoms with van der Waals surface area (Å²) in [5.41, 5.74) is -0.0783. The lowest BCUT2D eigenvalue weighted by Crippen LogP contribution is -2.38. The van der Waals surface area contributed by atoms with E-state index < -0.39 is 17.7 Å². The van der Waals surface area contributed by atoms with E-state index in [4.69, 9.17) is 26.7 Å². The van der Waals surface area contributed by atoms with Gasteiger partial charge in [0.05, 0.1) is 35.4 Å². The van der Waals surface area contributed by atoms with Crippen molar-refractivity contribution in [1.29, 1.82) is 5.26 Å². The highest BCUT2D eigenvalue weighted by atomic mass is 79.9. The minimum atomic E-state index is -1.28. The molecule has 0 fully saturated rings. The molecule has 0 aliphatic heterocycles. The van der Waals surface area contributed by atoms with Crippen LogP contribution in [0.2, 0.25) is 5.02 Å². The maximum absolute atomic E-state index is 12.0. The highest BCUT2D eigenvalue weighted by Crippen LogP contribution is 2.37. The number of amides is 1. The van der Waals surface area contributed by atoms with Crippen molar-refractivity contribution in [3.63, 3.8) is 0 Å². The Morgan fingerprint density at radius 2 is 2.39 bits per heavy atom. The van der Waals surface area contributed by atoms with Gasteiger partial charge in [0.25, 0.3) is 5.56 Å². The van der Waals surface area contributed by atoms with Gasteiger partial charge in [-0.15, -0.1) is 0 Å². The number of nitrogens with one attached hydrogen (secondary N) is 2. The summed E-state index contributed by atoms with van der Waals surface area (Å²) in [6.45, 7) is -0.167. The van der Waals surface area contributed by atoms with E-state index in [9.17, 15) is 9.59 Å². The second kappa shape index (κ2) is 7.30. The number of hydrogen-bond acceptors (Lipinski definition) is 5. The first-order valence-corrected chi connectivity index (χ1v) is 7.45. The summed E-state index contributed by atoms with van der Waals surface area (Å²) >= 11 is 9.40. The second-order valence-electron chi connectivity index (χ2n) is 4.45. The molecule has 2 rings (SSSR count). The van der Waals surface area contributed by atoms with Crippen LogP contribution in [0.5, 0.6) is 5.75 Å². The van der Waals surface area contributed by atoms with Gasteiger partial charge in [-0.05, 0) is 22.0 Å². The molecule has 3 N–H and O–H groups in total. The zero-order valence-electron chi connectivity index (χ0n) is 11.5. The summed E-state index contributed by atoms with van der Waals surface area (Å²) in [4.78, 5) is 29.2. The van der Waals surface area contributed by atoms with Crippen molar-refractivity contribution in [3.8, 4) is 11.8 Å². The van der Waals surface area contributed by atoms with Crippen LogP contribution in [-0.4, -0.2) is 33.8 Å². The summed E-state index contributed by atoms with van der Waals surface area (Å²) in [6, 6.07) is 2.66. The minimum absolute atomic E-state index is 0.0699. The normalized spacial score (nSPS) is 11.7. The molecule has 0 aliphatic carbocycles. The van der Waals surface area contributed by atoms with Crippen molar-refractivity contribution in [1.82, 2.24) is 15.3 Å². The monoisotopic (exact) mass is 400 g/mol. The number of nitrogens with zero attached hydrogens (tertiary/aromatic N) is 2. The van der Waals surface area contributed by atoms with Crippen molar-refractivity contribution < 1.29 is 14.6 Å². The lowest BCUT2D eigenvalue weighted by Gasteiger charge is -2.17. The molecule has 120 valence electrons. The van der Waals surface area contributed by atoms with Gasteiger partial charge >= 0.3 is 6.09 Å². The van der Waals surface area contributed by atoms with Gasteiger partial charge in [0.1, 0.15) is 12.0 Å². The highest BCUT2D eigenvalue weighted by molar-refractivity contribution is 9.10. The predicted molar refractivity (Wildman–Crippen MR) is 85.7 cm³/mol. The number of benzene rings is 1. The van der Waals surface area contributed by atoms with Crippen molar-refractivity contribution in [2.75, 3.05) is 6.61 Å². The molecule has 0 radical (unpaired) electrons. The number of halogens is 2. The molecule has 0 bridgehead atoms. The summed E-state index contributed by atoms with van der Waals surface area (Å²) in [5, 5.41) is 19.9. The Kier molecular flexibility index (Phi) is 5.41. The summed E-state index contributed by atoms with van der Waals surface area (Å²) in [5.74, 6) is 0.0699. The Labute approximate surface area is 143 Å². The lowest BCUT2D eigenvalue weighted by atomic mass is 10.2. The number of carboxylic acid groups (broad SMARTS) is 1. The fraction of sp³-hybridized carbons (Fsp3) is 0.231. The van der Waals surface area contributed by atoms with Crippen LogP contribution < -0.4 is 15.6 Å². The average Bonchev–Trinajstić information content (AvgIpc) is 2.48. The van der Waals surface area contributed by atoms with Crippen LogP contribution in [0.1, 0.15) is 6.42 Å². The van der Waals surface area contributed by atoms with E-state index in [0.29, 0.717) is 9.99 Å². The van der Waals surface area contributed by atoms with Crippen molar-refractivity contribution in [2.24, 2.45) is 0 Å². The maximum Gasteiger partial charge on any atom is 0.405 e. The first-order valence-electron chi connectivity index (χ1n) is 6.28. The van der Waals surface area contributed by atoms with Crippen molar-refractivity contribution in [3.05, 3.63) is 32.2 Å². The molecule has 1 aromatic heterocycles. The van der Waals surface area contributed by atoms with Crippen molar-refractivity contribution >= 4 is 44.5 Å². The standard InChI is InChI=1S/C13H10BrClN4O4/c14-7-3-8-9(12(20)18-5-17-8)11(10(7)15)23-4-6(1-2-16)19-13(21)22/h3,5-6,19H,1,4H2,(H,21,22)(H,17,18,20)/t6-/m0/s1. The summed E-state index contributed by atoms with van der Waals surface area (Å²) < 4.78 is 6.00. The molecule has 1 heterocycles. The van der Waals surface area contributed by atoms with Crippen LogP contribution in [0.25, 0.3) is 10.9 Å². The smallest absolute Gasteiger partial charge is 0.405 e. The van der Waals surface area contributed by atoms with Gasteiger partial charge < -0.3 is 20.1 Å². The quantitative estimate of drug-likeness (QED) is 0.705. The molecule has 1 amide bonds. The van der Waals surface area contributed by atoms with E-state index in [2.05, 4.69) is 31.2 Å². The Hall–Kier alpha value is -2.31.